The normalized spacial score (nSPS) is 14.0. The van der Waals surface area contributed by atoms with Crippen LogP contribution >= 0.6 is 0 Å². The number of nitrogens with zero attached hydrogens (tertiary/aromatic N) is 5. The van der Waals surface area contributed by atoms with Gasteiger partial charge in [-0.2, -0.15) is 4.98 Å². The third-order valence-electron chi connectivity index (χ3n) is 5.14. The fourth-order valence-corrected chi connectivity index (χ4v) is 3.49. The Morgan fingerprint density at radius 1 is 1.03 bits per heavy atom. The van der Waals surface area contributed by atoms with Crippen LogP contribution in [-0.2, 0) is 14.3 Å². The Morgan fingerprint density at radius 3 is 2.42 bits per heavy atom. The molecule has 160 valence electrons. The number of methoxy groups -OCH3 is 1. The Hall–Kier alpha value is -3.82. The molecule has 1 saturated heterocycles. The summed E-state index contributed by atoms with van der Waals surface area (Å²) in [6.45, 7) is 1.86. The van der Waals surface area contributed by atoms with Crippen molar-refractivity contribution in [3.05, 3.63) is 42.2 Å². The molecule has 2 aromatic heterocycles. The van der Waals surface area contributed by atoms with E-state index in [1.807, 2.05) is 4.90 Å². The highest BCUT2D eigenvalue weighted by Gasteiger charge is 2.25. The number of nitrogen functional groups attached to an aromatic ring is 1. The number of hydrogen-bond acceptors (Lipinski definition) is 8. The van der Waals surface area contributed by atoms with Crippen molar-refractivity contribution in [1.29, 1.82) is 0 Å². The van der Waals surface area contributed by atoms with Crippen LogP contribution in [0.2, 0.25) is 0 Å². The second-order valence-corrected chi connectivity index (χ2v) is 7.10. The first-order valence-corrected chi connectivity index (χ1v) is 9.74. The summed E-state index contributed by atoms with van der Waals surface area (Å²) in [4.78, 5) is 40.6. The van der Waals surface area contributed by atoms with Gasteiger partial charge in [0.25, 0.3) is 0 Å². The number of nitrogens with two attached hydrogens (primary N) is 1. The van der Waals surface area contributed by atoms with Gasteiger partial charge >= 0.3 is 5.97 Å². The Balaban J connectivity index is 1.60. The first-order valence-electron chi connectivity index (χ1n) is 9.74. The van der Waals surface area contributed by atoms with E-state index >= 15 is 0 Å². The summed E-state index contributed by atoms with van der Waals surface area (Å²) in [6.07, 6.45) is -0.275. The number of amides is 1. The molecule has 10 heteroatoms. The first kappa shape index (κ1) is 20.5. The summed E-state index contributed by atoms with van der Waals surface area (Å²) in [6, 6.07) is 9.69. The van der Waals surface area contributed by atoms with Crippen molar-refractivity contribution in [2.45, 2.75) is 6.42 Å². The third kappa shape index (κ3) is 4.37. The minimum Gasteiger partial charge on any atom is -0.469 e. The van der Waals surface area contributed by atoms with Gasteiger partial charge in [-0.05, 0) is 36.4 Å². The van der Waals surface area contributed by atoms with Crippen LogP contribution < -0.4 is 10.6 Å². The van der Waals surface area contributed by atoms with E-state index in [1.54, 1.807) is 29.2 Å². The molecule has 0 saturated carbocycles. The van der Waals surface area contributed by atoms with Crippen molar-refractivity contribution in [3.8, 4) is 11.3 Å². The van der Waals surface area contributed by atoms with Gasteiger partial charge < -0.3 is 20.3 Å². The lowest BCUT2D eigenvalue weighted by atomic mass is 10.1. The highest BCUT2D eigenvalue weighted by Crippen LogP contribution is 2.27. The van der Waals surface area contributed by atoms with Crippen LogP contribution in [0.3, 0.4) is 0 Å². The first-order chi connectivity index (χ1) is 14.9. The van der Waals surface area contributed by atoms with Gasteiger partial charge in [-0.25, -0.2) is 14.4 Å². The number of hydrogen-bond donors (Lipinski definition) is 1. The molecule has 1 fully saturated rings. The molecule has 9 nitrogen and oxygen atoms in total. The molecule has 31 heavy (non-hydrogen) atoms. The number of rotatable bonds is 4. The van der Waals surface area contributed by atoms with Crippen LogP contribution in [0.4, 0.5) is 16.2 Å². The molecule has 0 spiro atoms. The Bertz CT molecular complexity index is 1130. The highest BCUT2D eigenvalue weighted by molar-refractivity contribution is 5.94. The number of carbonyl (C=O) groups excluding carboxylic acids is 2. The van der Waals surface area contributed by atoms with E-state index in [2.05, 4.69) is 14.7 Å². The number of benzene rings is 1. The van der Waals surface area contributed by atoms with E-state index in [4.69, 9.17) is 10.7 Å². The number of aromatic nitrogens is 3. The predicted octanol–water partition coefficient (Wildman–Crippen LogP) is 1.62. The number of piperazine rings is 1. The van der Waals surface area contributed by atoms with Crippen molar-refractivity contribution in [3.63, 3.8) is 0 Å². The molecule has 3 heterocycles. The minimum atomic E-state index is -0.556. The smallest absolute Gasteiger partial charge is 0.315 e. The third-order valence-corrected chi connectivity index (χ3v) is 5.14. The number of esters is 1. The van der Waals surface area contributed by atoms with E-state index in [0.717, 1.165) is 5.56 Å². The minimum absolute atomic E-state index is 0.128. The van der Waals surface area contributed by atoms with E-state index in [9.17, 15) is 14.0 Å². The lowest BCUT2D eigenvalue weighted by Crippen LogP contribution is -2.49. The number of halogens is 1. The van der Waals surface area contributed by atoms with Gasteiger partial charge in [-0.1, -0.05) is 0 Å². The maximum atomic E-state index is 13.3. The molecule has 3 aromatic rings. The summed E-state index contributed by atoms with van der Waals surface area (Å²) in [7, 11) is 1.26. The lowest BCUT2D eigenvalue weighted by molar-refractivity contribution is -0.146. The Morgan fingerprint density at radius 2 is 1.74 bits per heavy atom. The van der Waals surface area contributed by atoms with Crippen LogP contribution in [-0.4, -0.2) is 65.0 Å². The molecular formula is C21H21FN6O3. The van der Waals surface area contributed by atoms with Crippen molar-refractivity contribution >= 4 is 34.7 Å². The molecule has 1 aliphatic heterocycles. The molecule has 0 atom stereocenters. The summed E-state index contributed by atoms with van der Waals surface area (Å²) in [5.74, 6) is -0.440. The van der Waals surface area contributed by atoms with Gasteiger partial charge in [-0.15, -0.1) is 0 Å². The van der Waals surface area contributed by atoms with E-state index in [-0.39, 0.29) is 24.1 Å². The van der Waals surface area contributed by atoms with Gasteiger partial charge in [0.2, 0.25) is 11.9 Å². The zero-order valence-electron chi connectivity index (χ0n) is 16.9. The van der Waals surface area contributed by atoms with Crippen LogP contribution in [0.1, 0.15) is 6.42 Å². The number of anilines is 2. The van der Waals surface area contributed by atoms with Gasteiger partial charge in [0.15, 0.2) is 5.82 Å². The number of pyridine rings is 1. The number of carbonyl (C=O) groups is 2. The van der Waals surface area contributed by atoms with Crippen LogP contribution in [0.5, 0.6) is 0 Å². The van der Waals surface area contributed by atoms with Gasteiger partial charge in [0, 0.05) is 31.7 Å². The molecule has 0 bridgehead atoms. The number of fused-ring (bicyclic) bond motifs is 1. The fourth-order valence-electron chi connectivity index (χ4n) is 3.49. The second-order valence-electron chi connectivity index (χ2n) is 7.10. The maximum absolute atomic E-state index is 13.3. The molecule has 2 N–H and O–H groups in total. The lowest BCUT2D eigenvalue weighted by Gasteiger charge is -2.35. The summed E-state index contributed by atoms with van der Waals surface area (Å²) in [5.41, 5.74) is 8.51. The Labute approximate surface area is 177 Å². The van der Waals surface area contributed by atoms with E-state index < -0.39 is 5.97 Å². The summed E-state index contributed by atoms with van der Waals surface area (Å²) < 4.78 is 17.8. The Kier molecular flexibility index (Phi) is 5.61. The summed E-state index contributed by atoms with van der Waals surface area (Å²) in [5, 5.41) is 0. The molecule has 4 rings (SSSR count). The van der Waals surface area contributed by atoms with Crippen molar-refractivity contribution in [1.82, 2.24) is 19.9 Å². The van der Waals surface area contributed by atoms with E-state index in [1.165, 1.54) is 19.2 Å². The average Bonchev–Trinajstić information content (AvgIpc) is 2.78. The highest BCUT2D eigenvalue weighted by atomic mass is 19.1. The fraction of sp³-hybridized carbons (Fsp3) is 0.286. The van der Waals surface area contributed by atoms with Crippen LogP contribution in [0.15, 0.2) is 36.4 Å². The molecule has 0 aliphatic carbocycles. The van der Waals surface area contributed by atoms with Crippen LogP contribution in [0.25, 0.3) is 22.3 Å². The predicted molar refractivity (Wildman–Crippen MR) is 113 cm³/mol. The standard InChI is InChI=1S/C21H21FN6O3/c1-31-18(30)12-17(29)27-8-10-28(11-9-27)20-19-16(25-21(23)26-20)7-6-15(24-19)13-2-4-14(22)5-3-13/h2-7H,8-12H2,1H3,(H2,23,25,26). The zero-order chi connectivity index (χ0) is 22.0. The largest absolute Gasteiger partial charge is 0.469 e. The monoisotopic (exact) mass is 424 g/mol. The average molecular weight is 424 g/mol. The van der Waals surface area contributed by atoms with E-state index in [0.29, 0.717) is 48.7 Å². The molecular weight excluding hydrogens is 403 g/mol. The van der Waals surface area contributed by atoms with Crippen molar-refractivity contribution < 1.29 is 18.7 Å². The van der Waals surface area contributed by atoms with Gasteiger partial charge in [-0.3, -0.25) is 9.59 Å². The van der Waals surface area contributed by atoms with Gasteiger partial charge in [0.1, 0.15) is 17.8 Å². The van der Waals surface area contributed by atoms with Crippen LogP contribution in [0, 0.1) is 5.82 Å². The molecule has 0 radical (unpaired) electrons. The topological polar surface area (TPSA) is 115 Å². The second kappa shape index (κ2) is 8.50. The van der Waals surface area contributed by atoms with Gasteiger partial charge in [0.05, 0.1) is 18.3 Å². The van der Waals surface area contributed by atoms with Crippen molar-refractivity contribution in [2.75, 3.05) is 43.9 Å². The number of ether oxygens (including phenoxy) is 1. The van der Waals surface area contributed by atoms with Crippen molar-refractivity contribution in [2.24, 2.45) is 0 Å². The molecule has 1 amide bonds. The maximum Gasteiger partial charge on any atom is 0.315 e. The quantitative estimate of drug-likeness (QED) is 0.496. The molecule has 0 unspecified atom stereocenters. The zero-order valence-corrected chi connectivity index (χ0v) is 16.9. The SMILES string of the molecule is COC(=O)CC(=O)N1CCN(c2nc(N)nc3ccc(-c4ccc(F)cc4)nc23)CC1. The molecule has 1 aromatic carbocycles. The molecule has 1 aliphatic rings. The summed E-state index contributed by atoms with van der Waals surface area (Å²) >= 11 is 0.